The zero-order valence-corrected chi connectivity index (χ0v) is 16.5. The molecule has 2 heterocycles. The molecular formula is C19H24ClN5O3. The van der Waals surface area contributed by atoms with Gasteiger partial charge in [-0.2, -0.15) is 0 Å². The van der Waals surface area contributed by atoms with Crippen LogP contribution in [0, 0.1) is 0 Å². The van der Waals surface area contributed by atoms with E-state index >= 15 is 0 Å². The molecular weight excluding hydrogens is 382 g/mol. The van der Waals surface area contributed by atoms with Crippen LogP contribution in [0.15, 0.2) is 28.9 Å². The largest absolute Gasteiger partial charge is 0.446 e. The van der Waals surface area contributed by atoms with Crippen LogP contribution < -0.4 is 21.3 Å². The predicted octanol–water partition coefficient (Wildman–Crippen LogP) is 2.71. The lowest BCUT2D eigenvalue weighted by Gasteiger charge is -2.29. The van der Waals surface area contributed by atoms with Crippen LogP contribution in [0.2, 0.25) is 5.02 Å². The highest BCUT2D eigenvalue weighted by Crippen LogP contribution is 2.30. The van der Waals surface area contributed by atoms with Gasteiger partial charge in [0.1, 0.15) is 6.26 Å². The highest BCUT2D eigenvalue weighted by molar-refractivity contribution is 6.33. The van der Waals surface area contributed by atoms with Gasteiger partial charge in [-0.25, -0.2) is 4.98 Å². The minimum absolute atomic E-state index is 0.0778. The van der Waals surface area contributed by atoms with Crippen molar-refractivity contribution < 1.29 is 14.0 Å². The summed E-state index contributed by atoms with van der Waals surface area (Å²) < 4.78 is 5.11. The normalized spacial score (nSPS) is 15.2. The molecule has 0 aliphatic carbocycles. The summed E-state index contributed by atoms with van der Waals surface area (Å²) in [5.74, 6) is -0.617. The maximum atomic E-state index is 12.1. The number of nitrogens with one attached hydrogen (secondary N) is 2. The first-order valence-corrected chi connectivity index (χ1v) is 9.65. The van der Waals surface area contributed by atoms with Gasteiger partial charge in [0.05, 0.1) is 23.3 Å². The molecule has 28 heavy (non-hydrogen) atoms. The summed E-state index contributed by atoms with van der Waals surface area (Å²) in [5.41, 5.74) is 7.27. The average Bonchev–Trinajstić information content (AvgIpc) is 3.18. The lowest BCUT2D eigenvalue weighted by Crippen LogP contribution is -2.33. The number of amides is 2. The molecule has 1 aliphatic heterocycles. The van der Waals surface area contributed by atoms with E-state index in [1.807, 2.05) is 12.1 Å². The van der Waals surface area contributed by atoms with Crippen molar-refractivity contribution in [1.29, 1.82) is 0 Å². The maximum absolute atomic E-state index is 12.1. The van der Waals surface area contributed by atoms with Crippen molar-refractivity contribution in [2.45, 2.75) is 32.2 Å². The molecule has 0 spiro atoms. The Morgan fingerprint density at radius 3 is 2.71 bits per heavy atom. The Kier molecular flexibility index (Phi) is 6.53. The van der Waals surface area contributed by atoms with Crippen molar-refractivity contribution in [3.05, 3.63) is 41.1 Å². The SMILES string of the molecule is C[C@H](N)c1nc(C(=O)NCC(=O)Nc2ccc(N3CCCCC3)c(Cl)c2)co1. The molecule has 3 rings (SSSR count). The highest BCUT2D eigenvalue weighted by atomic mass is 35.5. The Hall–Kier alpha value is -2.58. The van der Waals surface area contributed by atoms with Crippen LogP contribution >= 0.6 is 11.6 Å². The Morgan fingerprint density at radius 2 is 2.07 bits per heavy atom. The predicted molar refractivity (Wildman–Crippen MR) is 108 cm³/mol. The summed E-state index contributed by atoms with van der Waals surface area (Å²) in [7, 11) is 0. The summed E-state index contributed by atoms with van der Waals surface area (Å²) in [5, 5.41) is 5.81. The lowest BCUT2D eigenvalue weighted by molar-refractivity contribution is -0.115. The fourth-order valence-corrected chi connectivity index (χ4v) is 3.33. The molecule has 1 aromatic carbocycles. The van der Waals surface area contributed by atoms with E-state index in [0.29, 0.717) is 10.7 Å². The second-order valence-electron chi connectivity index (χ2n) is 6.80. The molecule has 1 aliphatic rings. The monoisotopic (exact) mass is 405 g/mol. The number of rotatable bonds is 6. The minimum Gasteiger partial charge on any atom is -0.446 e. The van der Waals surface area contributed by atoms with Crippen LogP contribution in [0.25, 0.3) is 0 Å². The van der Waals surface area contributed by atoms with Gasteiger partial charge in [-0.15, -0.1) is 0 Å². The third kappa shape index (κ3) is 5.02. The third-order valence-corrected chi connectivity index (χ3v) is 4.78. The number of aromatic nitrogens is 1. The molecule has 1 fully saturated rings. The van der Waals surface area contributed by atoms with Crippen molar-refractivity contribution >= 4 is 34.8 Å². The molecule has 8 nitrogen and oxygen atoms in total. The van der Waals surface area contributed by atoms with E-state index in [-0.39, 0.29) is 24.0 Å². The number of nitrogens with zero attached hydrogens (tertiary/aromatic N) is 2. The number of oxazole rings is 1. The second kappa shape index (κ2) is 9.07. The average molecular weight is 406 g/mol. The number of hydrogen-bond acceptors (Lipinski definition) is 6. The first kappa shape index (κ1) is 20.2. The number of nitrogens with two attached hydrogens (primary N) is 1. The summed E-state index contributed by atoms with van der Waals surface area (Å²) >= 11 is 6.39. The highest BCUT2D eigenvalue weighted by Gasteiger charge is 2.16. The molecule has 1 atom stereocenters. The Balaban J connectivity index is 1.52. The van der Waals surface area contributed by atoms with Gasteiger partial charge in [0.2, 0.25) is 11.8 Å². The zero-order chi connectivity index (χ0) is 20.1. The van der Waals surface area contributed by atoms with Crippen LogP contribution in [0.1, 0.15) is 48.6 Å². The van der Waals surface area contributed by atoms with Crippen molar-refractivity contribution in [2.75, 3.05) is 29.9 Å². The topological polar surface area (TPSA) is 113 Å². The van der Waals surface area contributed by atoms with E-state index in [9.17, 15) is 9.59 Å². The summed E-state index contributed by atoms with van der Waals surface area (Å²) in [6.45, 7) is 3.47. The summed E-state index contributed by atoms with van der Waals surface area (Å²) in [6.07, 6.45) is 4.78. The molecule has 9 heteroatoms. The van der Waals surface area contributed by atoms with Crippen molar-refractivity contribution in [3.8, 4) is 0 Å². The van der Waals surface area contributed by atoms with E-state index in [1.165, 1.54) is 12.7 Å². The summed E-state index contributed by atoms with van der Waals surface area (Å²) in [4.78, 5) is 30.4. The van der Waals surface area contributed by atoms with Crippen molar-refractivity contribution in [2.24, 2.45) is 5.73 Å². The second-order valence-corrected chi connectivity index (χ2v) is 7.21. The number of anilines is 2. The first-order valence-electron chi connectivity index (χ1n) is 9.27. The molecule has 0 bridgehead atoms. The number of piperidine rings is 1. The minimum atomic E-state index is -0.510. The van der Waals surface area contributed by atoms with Crippen LogP contribution in [0.3, 0.4) is 0 Å². The van der Waals surface area contributed by atoms with Gasteiger partial charge in [0.25, 0.3) is 5.91 Å². The molecule has 0 radical (unpaired) electrons. The van der Waals surface area contributed by atoms with Gasteiger partial charge in [0.15, 0.2) is 5.69 Å². The van der Waals surface area contributed by atoms with Crippen molar-refractivity contribution in [1.82, 2.24) is 10.3 Å². The van der Waals surface area contributed by atoms with Gasteiger partial charge < -0.3 is 25.7 Å². The first-order chi connectivity index (χ1) is 13.4. The van der Waals surface area contributed by atoms with Gasteiger partial charge in [-0.05, 0) is 44.4 Å². The molecule has 4 N–H and O–H groups in total. The van der Waals surface area contributed by atoms with Gasteiger partial charge >= 0.3 is 0 Å². The third-order valence-electron chi connectivity index (χ3n) is 4.48. The molecule has 2 aromatic rings. The Morgan fingerprint density at radius 1 is 1.32 bits per heavy atom. The van der Waals surface area contributed by atoms with E-state index in [2.05, 4.69) is 20.5 Å². The number of carbonyl (C=O) groups excluding carboxylic acids is 2. The molecule has 0 unspecified atom stereocenters. The molecule has 0 saturated carbocycles. The smallest absolute Gasteiger partial charge is 0.273 e. The molecule has 1 aromatic heterocycles. The van der Waals surface area contributed by atoms with Crippen molar-refractivity contribution in [3.63, 3.8) is 0 Å². The number of hydrogen-bond donors (Lipinski definition) is 3. The van der Waals surface area contributed by atoms with Gasteiger partial charge in [-0.1, -0.05) is 11.6 Å². The Labute approximate surface area is 168 Å². The fraction of sp³-hybridized carbons (Fsp3) is 0.421. The Bertz CT molecular complexity index is 846. The standard InChI is InChI=1S/C19H24ClN5O3/c1-12(21)19-24-15(11-28-19)18(27)22-10-17(26)23-13-5-6-16(14(20)9-13)25-7-3-2-4-8-25/h5-6,9,11-12H,2-4,7-8,10,21H2,1H3,(H,22,27)(H,23,26)/t12-/m0/s1. The van der Waals surface area contributed by atoms with E-state index in [4.69, 9.17) is 21.8 Å². The van der Waals surface area contributed by atoms with E-state index < -0.39 is 11.9 Å². The molecule has 150 valence electrons. The number of carbonyl (C=O) groups is 2. The van der Waals surface area contributed by atoms with Crippen LogP contribution in [-0.4, -0.2) is 36.4 Å². The molecule has 1 saturated heterocycles. The number of benzene rings is 1. The zero-order valence-electron chi connectivity index (χ0n) is 15.7. The fourth-order valence-electron chi connectivity index (χ4n) is 3.03. The number of halogens is 1. The quantitative estimate of drug-likeness (QED) is 0.680. The lowest BCUT2D eigenvalue weighted by atomic mass is 10.1. The molecule has 2 amide bonds. The summed E-state index contributed by atoms with van der Waals surface area (Å²) in [6, 6.07) is 5.02. The van der Waals surface area contributed by atoms with Crippen LogP contribution in [0.5, 0.6) is 0 Å². The van der Waals surface area contributed by atoms with Crippen LogP contribution in [-0.2, 0) is 4.79 Å². The maximum Gasteiger partial charge on any atom is 0.273 e. The van der Waals surface area contributed by atoms with Crippen LogP contribution in [0.4, 0.5) is 11.4 Å². The van der Waals surface area contributed by atoms with E-state index in [1.54, 1.807) is 13.0 Å². The van der Waals surface area contributed by atoms with E-state index in [0.717, 1.165) is 31.6 Å². The van der Waals surface area contributed by atoms with Gasteiger partial charge in [-0.3, -0.25) is 9.59 Å². The van der Waals surface area contributed by atoms with Gasteiger partial charge in [0, 0.05) is 18.8 Å².